The second-order valence-corrected chi connectivity index (χ2v) is 8.13. The second kappa shape index (κ2) is 5.83. The Morgan fingerprint density at radius 3 is 2.71 bits per heavy atom. The molecule has 2 saturated heterocycles. The first-order valence-corrected chi connectivity index (χ1v) is 9.29. The molecule has 2 atom stereocenters. The van der Waals surface area contributed by atoms with E-state index in [2.05, 4.69) is 26.2 Å². The van der Waals surface area contributed by atoms with Crippen molar-refractivity contribution in [2.75, 3.05) is 25.0 Å². The summed E-state index contributed by atoms with van der Waals surface area (Å²) in [6.45, 7) is 3.38. The predicted octanol–water partition coefficient (Wildman–Crippen LogP) is 1.83. The highest BCUT2D eigenvalue weighted by atomic mass is 79.9. The van der Waals surface area contributed by atoms with Crippen molar-refractivity contribution in [3.63, 3.8) is 0 Å². The van der Waals surface area contributed by atoms with Crippen LogP contribution in [0.1, 0.15) is 19.8 Å². The average Bonchev–Trinajstić information content (AvgIpc) is 2.79. The maximum absolute atomic E-state index is 12.9. The number of morpholine rings is 1. The van der Waals surface area contributed by atoms with Gasteiger partial charge in [-0.1, -0.05) is 0 Å². The summed E-state index contributed by atoms with van der Waals surface area (Å²) in [6, 6.07) is 1.61. The molecule has 3 heterocycles. The van der Waals surface area contributed by atoms with E-state index in [1.807, 2.05) is 6.92 Å². The van der Waals surface area contributed by atoms with Crippen molar-refractivity contribution in [1.29, 1.82) is 0 Å². The van der Waals surface area contributed by atoms with Gasteiger partial charge in [-0.25, -0.2) is 13.4 Å². The van der Waals surface area contributed by atoms with E-state index in [1.54, 1.807) is 12.3 Å². The van der Waals surface area contributed by atoms with Crippen LogP contribution in [0.25, 0.3) is 0 Å². The molecule has 0 aliphatic carbocycles. The molecule has 2 aliphatic rings. The van der Waals surface area contributed by atoms with Crippen LogP contribution in [-0.4, -0.2) is 49.5 Å². The lowest BCUT2D eigenvalue weighted by molar-refractivity contribution is -0.0114. The zero-order valence-corrected chi connectivity index (χ0v) is 14.2. The third kappa shape index (κ3) is 2.94. The largest absolute Gasteiger partial charge is 0.372 e. The molecule has 8 heteroatoms. The van der Waals surface area contributed by atoms with Gasteiger partial charge in [-0.3, -0.25) is 0 Å². The molecule has 0 amide bonds. The lowest BCUT2D eigenvalue weighted by Gasteiger charge is -2.31. The van der Waals surface area contributed by atoms with Crippen LogP contribution in [0.5, 0.6) is 0 Å². The first-order valence-electron chi connectivity index (χ1n) is 7.05. The Bertz CT molecular complexity index is 626. The van der Waals surface area contributed by atoms with Crippen LogP contribution in [0.3, 0.4) is 0 Å². The molecule has 1 aromatic heterocycles. The number of ether oxygens (including phenoxy) is 1. The van der Waals surface area contributed by atoms with Gasteiger partial charge in [0, 0.05) is 30.3 Å². The summed E-state index contributed by atoms with van der Waals surface area (Å²) in [5, 5.41) is 3.02. The molecule has 1 aromatic rings. The molecule has 21 heavy (non-hydrogen) atoms. The van der Waals surface area contributed by atoms with E-state index in [1.165, 1.54) is 4.31 Å². The maximum atomic E-state index is 12.9. The van der Waals surface area contributed by atoms with Crippen LogP contribution < -0.4 is 5.32 Å². The highest BCUT2D eigenvalue weighted by Crippen LogP contribution is 2.32. The molecular weight excluding hydrogens is 358 g/mol. The lowest BCUT2D eigenvalue weighted by Crippen LogP contribution is -2.45. The Balaban J connectivity index is 1.96. The monoisotopic (exact) mass is 375 g/mol. The number of hydrogen-bond donors (Lipinski definition) is 1. The smallest absolute Gasteiger partial charge is 0.246 e. The summed E-state index contributed by atoms with van der Waals surface area (Å²) in [7, 11) is -3.56. The van der Waals surface area contributed by atoms with Gasteiger partial charge in [-0.05, 0) is 41.8 Å². The van der Waals surface area contributed by atoms with Gasteiger partial charge in [0.1, 0.15) is 10.7 Å². The number of halogens is 1. The summed E-state index contributed by atoms with van der Waals surface area (Å²) in [6.07, 6.45) is 3.53. The summed E-state index contributed by atoms with van der Waals surface area (Å²) in [5.41, 5.74) is 0. The van der Waals surface area contributed by atoms with Crippen molar-refractivity contribution in [2.24, 2.45) is 0 Å². The molecule has 3 rings (SSSR count). The zero-order valence-electron chi connectivity index (χ0n) is 11.8. The number of rotatable bonds is 4. The lowest BCUT2D eigenvalue weighted by atomic mass is 10.2. The zero-order chi connectivity index (χ0) is 15.0. The van der Waals surface area contributed by atoms with Gasteiger partial charge in [0.2, 0.25) is 10.0 Å². The van der Waals surface area contributed by atoms with Gasteiger partial charge in [0.15, 0.2) is 0 Å². The Morgan fingerprint density at radius 1 is 1.43 bits per heavy atom. The minimum absolute atomic E-state index is 0.0289. The molecule has 0 spiro atoms. The minimum Gasteiger partial charge on any atom is -0.372 e. The number of anilines is 1. The predicted molar refractivity (Wildman–Crippen MR) is 82.8 cm³/mol. The molecular formula is C13H18BrN3O3S. The van der Waals surface area contributed by atoms with Crippen LogP contribution in [0, 0.1) is 0 Å². The van der Waals surface area contributed by atoms with Crippen LogP contribution in [0.4, 0.5) is 5.82 Å². The van der Waals surface area contributed by atoms with Gasteiger partial charge >= 0.3 is 0 Å². The van der Waals surface area contributed by atoms with Gasteiger partial charge in [0.05, 0.1) is 12.2 Å². The maximum Gasteiger partial charge on any atom is 0.246 e. The molecule has 6 nitrogen and oxygen atoms in total. The molecule has 0 radical (unpaired) electrons. The van der Waals surface area contributed by atoms with Crippen LogP contribution >= 0.6 is 15.9 Å². The highest BCUT2D eigenvalue weighted by Gasteiger charge is 2.40. The minimum atomic E-state index is -3.56. The number of nitrogens with one attached hydrogen (secondary N) is 1. The fourth-order valence-corrected chi connectivity index (χ4v) is 4.96. The van der Waals surface area contributed by atoms with E-state index in [-0.39, 0.29) is 17.1 Å². The molecule has 116 valence electrons. The third-order valence-corrected chi connectivity index (χ3v) is 6.07. The fraction of sp³-hybridized carbons (Fsp3) is 0.615. The number of fused-ring (bicyclic) bond motifs is 2. The fourth-order valence-electron chi connectivity index (χ4n) is 2.83. The first-order chi connectivity index (χ1) is 10.0. The van der Waals surface area contributed by atoms with Crippen LogP contribution in [-0.2, 0) is 14.8 Å². The van der Waals surface area contributed by atoms with Gasteiger partial charge < -0.3 is 10.1 Å². The number of aromatic nitrogens is 1. The molecule has 2 fully saturated rings. The molecule has 2 aliphatic heterocycles. The quantitative estimate of drug-likeness (QED) is 0.868. The summed E-state index contributed by atoms with van der Waals surface area (Å²) in [4.78, 5) is 4.41. The molecule has 2 bridgehead atoms. The van der Waals surface area contributed by atoms with E-state index in [9.17, 15) is 8.42 Å². The van der Waals surface area contributed by atoms with Crippen LogP contribution in [0.15, 0.2) is 21.6 Å². The van der Waals surface area contributed by atoms with Crippen molar-refractivity contribution in [3.8, 4) is 0 Å². The Kier molecular flexibility index (Phi) is 4.22. The Morgan fingerprint density at radius 2 is 2.10 bits per heavy atom. The SMILES string of the molecule is CCNc1ncc(Br)cc1S(=O)(=O)N1CC2CCC(C1)O2. The van der Waals surface area contributed by atoms with E-state index in [4.69, 9.17) is 4.74 Å². The molecule has 2 unspecified atom stereocenters. The summed E-state index contributed by atoms with van der Waals surface area (Å²) >= 11 is 3.30. The molecule has 0 aromatic carbocycles. The Hall–Kier alpha value is -0.700. The van der Waals surface area contributed by atoms with E-state index >= 15 is 0 Å². The van der Waals surface area contributed by atoms with Crippen molar-refractivity contribution in [1.82, 2.24) is 9.29 Å². The average molecular weight is 376 g/mol. The topological polar surface area (TPSA) is 71.5 Å². The van der Waals surface area contributed by atoms with Crippen molar-refractivity contribution < 1.29 is 13.2 Å². The second-order valence-electron chi connectivity index (χ2n) is 5.31. The van der Waals surface area contributed by atoms with E-state index < -0.39 is 10.0 Å². The van der Waals surface area contributed by atoms with E-state index in [0.717, 1.165) is 12.8 Å². The van der Waals surface area contributed by atoms with Crippen molar-refractivity contribution in [2.45, 2.75) is 36.9 Å². The number of nitrogens with zero attached hydrogens (tertiary/aromatic N) is 2. The standard InChI is InChI=1S/C13H18BrN3O3S/c1-2-15-13-12(5-9(14)6-16-13)21(18,19)17-7-10-3-4-11(8-17)20-10/h5-6,10-11H,2-4,7-8H2,1H3,(H,15,16). The van der Waals surface area contributed by atoms with E-state index in [0.29, 0.717) is 29.9 Å². The Labute approximate surface area is 133 Å². The summed E-state index contributed by atoms with van der Waals surface area (Å²) in [5.74, 6) is 0.402. The molecule has 0 saturated carbocycles. The van der Waals surface area contributed by atoms with Gasteiger partial charge in [0.25, 0.3) is 0 Å². The van der Waals surface area contributed by atoms with Gasteiger partial charge in [-0.15, -0.1) is 0 Å². The van der Waals surface area contributed by atoms with Gasteiger partial charge in [-0.2, -0.15) is 4.31 Å². The number of sulfonamides is 1. The number of hydrogen-bond acceptors (Lipinski definition) is 5. The summed E-state index contributed by atoms with van der Waals surface area (Å²) < 4.78 is 33.7. The number of pyridine rings is 1. The highest BCUT2D eigenvalue weighted by molar-refractivity contribution is 9.10. The first kappa shape index (κ1) is 15.2. The third-order valence-electron chi connectivity index (χ3n) is 3.79. The van der Waals surface area contributed by atoms with Crippen LogP contribution in [0.2, 0.25) is 0 Å². The van der Waals surface area contributed by atoms with Crippen molar-refractivity contribution >= 4 is 31.8 Å². The molecule has 1 N–H and O–H groups in total. The van der Waals surface area contributed by atoms with Crippen molar-refractivity contribution in [3.05, 3.63) is 16.7 Å². The normalized spacial score (nSPS) is 26.0.